The van der Waals surface area contributed by atoms with Gasteiger partial charge in [0, 0.05) is 23.2 Å². The Balaban J connectivity index is 2.11. The Bertz CT molecular complexity index is 705. The summed E-state index contributed by atoms with van der Waals surface area (Å²) in [5.74, 6) is -3.26. The average Bonchev–Trinajstić information content (AvgIpc) is 2.48. The summed E-state index contributed by atoms with van der Waals surface area (Å²) in [4.78, 5) is 23.4. The molecule has 0 aromatic heterocycles. The van der Waals surface area contributed by atoms with Gasteiger partial charge in [0.05, 0.1) is 5.56 Å². The van der Waals surface area contributed by atoms with Crippen LogP contribution in [0.5, 0.6) is 0 Å². The number of anilines is 2. The highest BCUT2D eigenvalue weighted by molar-refractivity contribution is 7.99. The van der Waals surface area contributed by atoms with E-state index in [0.29, 0.717) is 23.1 Å². The lowest BCUT2D eigenvalue weighted by atomic mass is 10.2. The summed E-state index contributed by atoms with van der Waals surface area (Å²) in [6.07, 6.45) is 0. The number of carbonyl (C=O) groups excluding carboxylic acids is 2. The fourth-order valence-corrected chi connectivity index (χ4v) is 2.53. The molecule has 0 unspecified atom stereocenters. The van der Waals surface area contributed by atoms with Gasteiger partial charge in [-0.1, -0.05) is 23.9 Å². The van der Waals surface area contributed by atoms with Gasteiger partial charge in [0.15, 0.2) is 0 Å². The summed E-state index contributed by atoms with van der Waals surface area (Å²) in [5.41, 5.74) is 1.29. The van der Waals surface area contributed by atoms with Crippen LogP contribution in [0.3, 0.4) is 0 Å². The lowest BCUT2D eigenvalue weighted by Crippen LogP contribution is -2.13. The minimum atomic E-state index is -2.60. The lowest BCUT2D eigenvalue weighted by Gasteiger charge is -2.10. The van der Waals surface area contributed by atoms with Crippen molar-refractivity contribution in [1.29, 1.82) is 0 Å². The van der Waals surface area contributed by atoms with Crippen LogP contribution in [0.25, 0.3) is 0 Å². The van der Waals surface area contributed by atoms with Crippen LogP contribution in [0.2, 0.25) is 0 Å². The highest BCUT2D eigenvalue weighted by Gasteiger charge is 2.15. The Morgan fingerprint density at radius 1 is 0.957 bits per heavy atom. The molecule has 4 nitrogen and oxygen atoms in total. The third kappa shape index (κ3) is 5.07. The molecule has 0 atom stereocenters. The van der Waals surface area contributed by atoms with Crippen LogP contribution >= 0.6 is 11.8 Å². The number of carbonyl (C=O) groups is 2. The number of amides is 2. The first-order chi connectivity index (χ1) is 11.0. The monoisotopic (exact) mass is 336 g/mol. The topological polar surface area (TPSA) is 58.2 Å². The van der Waals surface area contributed by atoms with Gasteiger partial charge in [-0.25, -0.2) is 0 Å². The second-order valence-electron chi connectivity index (χ2n) is 4.59. The SMILES string of the molecule is CC(=O)Nc1ccc(NC(=O)c2ccccc2SC(F)F)cc1. The van der Waals surface area contributed by atoms with Crippen LogP contribution in [0.4, 0.5) is 20.2 Å². The molecule has 0 saturated heterocycles. The Morgan fingerprint density at radius 3 is 2.09 bits per heavy atom. The van der Waals surface area contributed by atoms with E-state index in [2.05, 4.69) is 10.6 Å². The van der Waals surface area contributed by atoms with E-state index >= 15 is 0 Å². The number of alkyl halides is 2. The molecular formula is C16H14F2N2O2S. The van der Waals surface area contributed by atoms with E-state index in [1.54, 1.807) is 36.4 Å². The molecule has 0 saturated carbocycles. The van der Waals surface area contributed by atoms with E-state index in [9.17, 15) is 18.4 Å². The van der Waals surface area contributed by atoms with Crippen molar-refractivity contribution in [3.05, 3.63) is 54.1 Å². The molecule has 7 heteroatoms. The predicted molar refractivity (Wildman–Crippen MR) is 87.0 cm³/mol. The fraction of sp³-hybridized carbons (Fsp3) is 0.125. The average molecular weight is 336 g/mol. The van der Waals surface area contributed by atoms with Crippen LogP contribution in [0.1, 0.15) is 17.3 Å². The largest absolute Gasteiger partial charge is 0.326 e. The molecule has 2 rings (SSSR count). The Morgan fingerprint density at radius 2 is 1.52 bits per heavy atom. The van der Waals surface area contributed by atoms with Crippen LogP contribution in [0.15, 0.2) is 53.4 Å². The summed E-state index contributed by atoms with van der Waals surface area (Å²) < 4.78 is 25.1. The maximum Gasteiger partial charge on any atom is 0.288 e. The molecule has 2 aromatic carbocycles. The first-order valence-electron chi connectivity index (χ1n) is 6.68. The fourth-order valence-electron chi connectivity index (χ4n) is 1.89. The number of hydrogen-bond acceptors (Lipinski definition) is 3. The van der Waals surface area contributed by atoms with E-state index < -0.39 is 11.7 Å². The normalized spacial score (nSPS) is 10.4. The molecule has 0 aliphatic rings. The zero-order valence-corrected chi connectivity index (χ0v) is 13.0. The summed E-state index contributed by atoms with van der Waals surface area (Å²) in [6.45, 7) is 1.40. The molecule has 0 aliphatic heterocycles. The first kappa shape index (κ1) is 17.0. The van der Waals surface area contributed by atoms with Gasteiger partial charge >= 0.3 is 0 Å². The van der Waals surface area contributed by atoms with Gasteiger partial charge < -0.3 is 10.6 Å². The van der Waals surface area contributed by atoms with Crippen LogP contribution in [0, 0.1) is 0 Å². The molecule has 0 heterocycles. The third-order valence-corrected chi connectivity index (χ3v) is 3.60. The smallest absolute Gasteiger partial charge is 0.288 e. The number of halogens is 2. The standard InChI is InChI=1S/C16H14F2N2O2S/c1-10(21)19-11-6-8-12(9-7-11)20-15(22)13-4-2-3-5-14(13)23-16(17)18/h2-9,16H,1H3,(H,19,21)(H,20,22). The molecule has 2 N–H and O–H groups in total. The second-order valence-corrected chi connectivity index (χ2v) is 5.62. The third-order valence-electron chi connectivity index (χ3n) is 2.81. The number of benzene rings is 2. The quantitative estimate of drug-likeness (QED) is 0.804. The van der Waals surface area contributed by atoms with E-state index in [1.807, 2.05) is 0 Å². The maximum absolute atomic E-state index is 12.5. The van der Waals surface area contributed by atoms with Crippen molar-refractivity contribution in [2.45, 2.75) is 17.6 Å². The molecule has 0 fully saturated rings. The second kappa shape index (κ2) is 7.73. The molecule has 0 bridgehead atoms. The zero-order valence-electron chi connectivity index (χ0n) is 12.2. The van der Waals surface area contributed by atoms with Crippen LogP contribution < -0.4 is 10.6 Å². The highest BCUT2D eigenvalue weighted by atomic mass is 32.2. The van der Waals surface area contributed by atoms with Crippen molar-refractivity contribution in [2.75, 3.05) is 10.6 Å². The van der Waals surface area contributed by atoms with Gasteiger partial charge in [-0.05, 0) is 36.4 Å². The zero-order chi connectivity index (χ0) is 16.8. The number of nitrogens with one attached hydrogen (secondary N) is 2. The molecule has 0 spiro atoms. The summed E-state index contributed by atoms with van der Waals surface area (Å²) >= 11 is 0.332. The summed E-state index contributed by atoms with van der Waals surface area (Å²) in [5, 5.41) is 5.25. The molecule has 2 amide bonds. The van der Waals surface area contributed by atoms with Crippen molar-refractivity contribution < 1.29 is 18.4 Å². The Hall–Kier alpha value is -2.41. The highest BCUT2D eigenvalue weighted by Crippen LogP contribution is 2.29. The van der Waals surface area contributed by atoms with E-state index in [1.165, 1.54) is 19.1 Å². The number of thioether (sulfide) groups is 1. The number of hydrogen-bond donors (Lipinski definition) is 2. The summed E-state index contributed by atoms with van der Waals surface area (Å²) in [6, 6.07) is 12.7. The predicted octanol–water partition coefficient (Wildman–Crippen LogP) is 4.21. The molecule has 2 aromatic rings. The van der Waals surface area contributed by atoms with Crippen molar-refractivity contribution in [3.63, 3.8) is 0 Å². The lowest BCUT2D eigenvalue weighted by molar-refractivity contribution is -0.114. The minimum Gasteiger partial charge on any atom is -0.326 e. The molecule has 23 heavy (non-hydrogen) atoms. The van der Waals surface area contributed by atoms with E-state index in [0.717, 1.165) is 0 Å². The minimum absolute atomic E-state index is 0.184. The van der Waals surface area contributed by atoms with Gasteiger partial charge in [-0.15, -0.1) is 0 Å². The molecule has 0 radical (unpaired) electrons. The van der Waals surface area contributed by atoms with Crippen molar-refractivity contribution in [2.24, 2.45) is 0 Å². The molecule has 120 valence electrons. The van der Waals surface area contributed by atoms with Crippen molar-refractivity contribution >= 4 is 35.0 Å². The van der Waals surface area contributed by atoms with E-state index in [4.69, 9.17) is 0 Å². The van der Waals surface area contributed by atoms with Gasteiger partial charge in [-0.3, -0.25) is 9.59 Å². The van der Waals surface area contributed by atoms with Gasteiger partial charge in [0.2, 0.25) is 5.91 Å². The van der Waals surface area contributed by atoms with Crippen LogP contribution in [-0.2, 0) is 4.79 Å². The van der Waals surface area contributed by atoms with Crippen molar-refractivity contribution in [3.8, 4) is 0 Å². The van der Waals surface area contributed by atoms with E-state index in [-0.39, 0.29) is 16.4 Å². The van der Waals surface area contributed by atoms with Gasteiger partial charge in [0.1, 0.15) is 0 Å². The van der Waals surface area contributed by atoms with Gasteiger partial charge in [-0.2, -0.15) is 8.78 Å². The van der Waals surface area contributed by atoms with Gasteiger partial charge in [0.25, 0.3) is 11.7 Å². The van der Waals surface area contributed by atoms with Crippen LogP contribution in [-0.4, -0.2) is 17.6 Å². The first-order valence-corrected chi connectivity index (χ1v) is 7.56. The Labute approximate surface area is 136 Å². The summed E-state index contributed by atoms with van der Waals surface area (Å²) in [7, 11) is 0. The number of rotatable bonds is 5. The van der Waals surface area contributed by atoms with Crippen molar-refractivity contribution in [1.82, 2.24) is 0 Å². The molecular weight excluding hydrogens is 322 g/mol. The maximum atomic E-state index is 12.5. The Kier molecular flexibility index (Phi) is 5.70. The molecule has 0 aliphatic carbocycles.